The van der Waals surface area contributed by atoms with Gasteiger partial charge in [0, 0.05) is 19.0 Å². The zero-order valence-electron chi connectivity index (χ0n) is 13.9. The minimum Gasteiger partial charge on any atom is -0.357 e. The molecule has 0 saturated heterocycles. The molecule has 1 aliphatic rings. The molecule has 1 rings (SSSR count). The highest BCUT2D eigenvalue weighted by Gasteiger charge is 2.27. The van der Waals surface area contributed by atoms with E-state index in [-0.39, 0.29) is 23.8 Å². The van der Waals surface area contributed by atoms with E-state index in [1.807, 2.05) is 20.8 Å². The number of carbonyl (C=O) groups excluding carboxylic acids is 2. The Labute approximate surface area is 128 Å². The number of rotatable bonds is 7. The third-order valence-corrected chi connectivity index (χ3v) is 4.30. The van der Waals surface area contributed by atoms with Crippen LogP contribution in [0.4, 0.5) is 0 Å². The Hall–Kier alpha value is -1.10. The summed E-state index contributed by atoms with van der Waals surface area (Å²) in [5.41, 5.74) is 0. The van der Waals surface area contributed by atoms with Crippen molar-refractivity contribution in [3.8, 4) is 0 Å². The Morgan fingerprint density at radius 3 is 2.19 bits per heavy atom. The topological polar surface area (TPSA) is 70.2 Å². The van der Waals surface area contributed by atoms with Gasteiger partial charge in [0.1, 0.15) is 6.04 Å². The third-order valence-electron chi connectivity index (χ3n) is 4.30. The molecule has 3 N–H and O–H groups in total. The second kappa shape index (κ2) is 9.03. The van der Waals surface area contributed by atoms with E-state index in [0.717, 1.165) is 6.54 Å². The predicted octanol–water partition coefficient (Wildman–Crippen LogP) is 1.43. The highest BCUT2D eigenvalue weighted by atomic mass is 16.2. The van der Waals surface area contributed by atoms with Crippen molar-refractivity contribution in [2.24, 2.45) is 11.8 Å². The lowest BCUT2D eigenvalue weighted by atomic mass is 9.89. The van der Waals surface area contributed by atoms with Crippen LogP contribution >= 0.6 is 0 Å². The van der Waals surface area contributed by atoms with Crippen molar-refractivity contribution in [1.29, 1.82) is 0 Å². The van der Waals surface area contributed by atoms with Crippen LogP contribution in [-0.2, 0) is 9.59 Å². The summed E-state index contributed by atoms with van der Waals surface area (Å²) < 4.78 is 0. The molecule has 0 bridgehead atoms. The lowest BCUT2D eigenvalue weighted by Crippen LogP contribution is -2.57. The lowest BCUT2D eigenvalue weighted by molar-refractivity contribution is -0.130. The molecule has 1 fully saturated rings. The van der Waals surface area contributed by atoms with Crippen LogP contribution in [0.2, 0.25) is 0 Å². The molecule has 0 radical (unpaired) electrons. The molecule has 2 amide bonds. The second-order valence-electron chi connectivity index (χ2n) is 6.46. The molecule has 2 unspecified atom stereocenters. The Kier molecular flexibility index (Phi) is 7.72. The second-order valence-corrected chi connectivity index (χ2v) is 6.46. The Morgan fingerprint density at radius 1 is 1.05 bits per heavy atom. The lowest BCUT2D eigenvalue weighted by Gasteiger charge is -2.28. The fourth-order valence-corrected chi connectivity index (χ4v) is 2.75. The van der Waals surface area contributed by atoms with Gasteiger partial charge in [0.25, 0.3) is 0 Å². The van der Waals surface area contributed by atoms with Crippen LogP contribution in [0.25, 0.3) is 0 Å². The molecule has 21 heavy (non-hydrogen) atoms. The summed E-state index contributed by atoms with van der Waals surface area (Å²) in [6.07, 6.45) is 6.50. The Morgan fingerprint density at radius 2 is 1.67 bits per heavy atom. The van der Waals surface area contributed by atoms with Gasteiger partial charge in [-0.25, -0.2) is 0 Å². The molecule has 0 aromatic heterocycles. The van der Waals surface area contributed by atoms with E-state index in [2.05, 4.69) is 16.0 Å². The first-order valence-electron chi connectivity index (χ1n) is 8.21. The highest BCUT2D eigenvalue weighted by Crippen LogP contribution is 2.22. The molecule has 2 atom stereocenters. The zero-order chi connectivity index (χ0) is 15.8. The van der Waals surface area contributed by atoms with Crippen molar-refractivity contribution in [3.63, 3.8) is 0 Å². The van der Waals surface area contributed by atoms with Crippen molar-refractivity contribution < 1.29 is 9.59 Å². The fourth-order valence-electron chi connectivity index (χ4n) is 2.75. The maximum absolute atomic E-state index is 12.0. The van der Waals surface area contributed by atoms with Crippen LogP contribution < -0.4 is 16.0 Å². The summed E-state index contributed by atoms with van der Waals surface area (Å²) in [6.45, 7) is 6.54. The fraction of sp³-hybridized carbons (Fsp3) is 0.875. The number of hydrogen-bond acceptors (Lipinski definition) is 3. The average Bonchev–Trinajstić information content (AvgIpc) is 2.50. The van der Waals surface area contributed by atoms with Crippen molar-refractivity contribution in [1.82, 2.24) is 16.0 Å². The van der Waals surface area contributed by atoms with Crippen LogP contribution in [0.1, 0.15) is 52.9 Å². The first-order valence-corrected chi connectivity index (χ1v) is 8.21. The van der Waals surface area contributed by atoms with E-state index in [4.69, 9.17) is 0 Å². The standard InChI is InChI=1S/C16H31N3O2/c1-11(2)15(20)19-14(16(21)17-4)12(3)18-10-13-8-6-5-7-9-13/h11-14,18H,5-10H2,1-4H3,(H,17,21)(H,19,20). The molecular weight excluding hydrogens is 266 g/mol. The third kappa shape index (κ3) is 6.04. The van der Waals surface area contributed by atoms with Gasteiger partial charge in [0.15, 0.2) is 0 Å². The first-order chi connectivity index (χ1) is 9.95. The van der Waals surface area contributed by atoms with Crippen molar-refractivity contribution >= 4 is 11.8 Å². The molecule has 0 heterocycles. The minimum absolute atomic E-state index is 0.0745. The zero-order valence-corrected chi connectivity index (χ0v) is 13.9. The number of likely N-dealkylation sites (N-methyl/N-ethyl adjacent to an activating group) is 1. The summed E-state index contributed by atoms with van der Waals surface area (Å²) >= 11 is 0. The van der Waals surface area contributed by atoms with E-state index in [9.17, 15) is 9.59 Å². The summed E-state index contributed by atoms with van der Waals surface area (Å²) in [5.74, 6) is 0.345. The number of carbonyl (C=O) groups is 2. The molecular formula is C16H31N3O2. The number of nitrogens with one attached hydrogen (secondary N) is 3. The van der Waals surface area contributed by atoms with E-state index < -0.39 is 6.04 Å². The summed E-state index contributed by atoms with van der Waals surface area (Å²) in [5, 5.41) is 8.91. The molecule has 122 valence electrons. The Balaban J connectivity index is 2.51. The van der Waals surface area contributed by atoms with E-state index in [0.29, 0.717) is 5.92 Å². The minimum atomic E-state index is -0.520. The summed E-state index contributed by atoms with van der Waals surface area (Å²) in [4.78, 5) is 23.9. The maximum Gasteiger partial charge on any atom is 0.243 e. The SMILES string of the molecule is CNC(=O)C(NC(=O)C(C)C)C(C)NCC1CCCCC1. The van der Waals surface area contributed by atoms with Crippen LogP contribution in [0.5, 0.6) is 0 Å². The van der Waals surface area contributed by atoms with Gasteiger partial charge < -0.3 is 16.0 Å². The van der Waals surface area contributed by atoms with Gasteiger partial charge >= 0.3 is 0 Å². The van der Waals surface area contributed by atoms with Crippen molar-refractivity contribution in [3.05, 3.63) is 0 Å². The number of hydrogen-bond donors (Lipinski definition) is 3. The van der Waals surface area contributed by atoms with Gasteiger partial charge in [-0.05, 0) is 32.2 Å². The molecule has 1 aliphatic carbocycles. The molecule has 5 heteroatoms. The van der Waals surface area contributed by atoms with Crippen LogP contribution in [0, 0.1) is 11.8 Å². The maximum atomic E-state index is 12.0. The highest BCUT2D eigenvalue weighted by molar-refractivity contribution is 5.88. The molecule has 0 aromatic carbocycles. The van der Waals surface area contributed by atoms with Gasteiger partial charge in [-0.1, -0.05) is 33.1 Å². The molecule has 0 aromatic rings. The largest absolute Gasteiger partial charge is 0.357 e. The quantitative estimate of drug-likeness (QED) is 0.666. The van der Waals surface area contributed by atoms with Crippen LogP contribution in [0.15, 0.2) is 0 Å². The van der Waals surface area contributed by atoms with Crippen LogP contribution in [-0.4, -0.2) is 37.5 Å². The van der Waals surface area contributed by atoms with Gasteiger partial charge in [-0.3, -0.25) is 9.59 Å². The van der Waals surface area contributed by atoms with Gasteiger partial charge in [0.05, 0.1) is 0 Å². The van der Waals surface area contributed by atoms with Crippen molar-refractivity contribution in [2.45, 2.75) is 65.0 Å². The molecule has 0 spiro atoms. The Bertz CT molecular complexity index is 338. The van der Waals surface area contributed by atoms with Crippen molar-refractivity contribution in [2.75, 3.05) is 13.6 Å². The van der Waals surface area contributed by atoms with E-state index >= 15 is 0 Å². The monoisotopic (exact) mass is 297 g/mol. The summed E-state index contributed by atoms with van der Waals surface area (Å²) in [6, 6.07) is -0.594. The predicted molar refractivity (Wildman–Crippen MR) is 84.9 cm³/mol. The molecule has 1 saturated carbocycles. The molecule has 0 aliphatic heterocycles. The van der Waals surface area contributed by atoms with E-state index in [1.165, 1.54) is 32.1 Å². The normalized spacial score (nSPS) is 19.1. The van der Waals surface area contributed by atoms with Gasteiger partial charge in [0.2, 0.25) is 11.8 Å². The van der Waals surface area contributed by atoms with E-state index in [1.54, 1.807) is 7.05 Å². The molecule has 5 nitrogen and oxygen atoms in total. The van der Waals surface area contributed by atoms with Gasteiger partial charge in [-0.2, -0.15) is 0 Å². The summed E-state index contributed by atoms with van der Waals surface area (Å²) in [7, 11) is 1.60. The first kappa shape index (κ1) is 18.0. The van der Waals surface area contributed by atoms with Gasteiger partial charge in [-0.15, -0.1) is 0 Å². The number of amides is 2. The van der Waals surface area contributed by atoms with Crippen LogP contribution in [0.3, 0.4) is 0 Å². The smallest absolute Gasteiger partial charge is 0.243 e. The average molecular weight is 297 g/mol.